The number of amides is 1. The number of nitrogens with zero attached hydrogens (tertiary/aromatic N) is 2. The lowest BCUT2D eigenvalue weighted by atomic mass is 10.0. The fourth-order valence-corrected chi connectivity index (χ4v) is 5.12. The van der Waals surface area contributed by atoms with E-state index in [1.54, 1.807) is 16.8 Å². The van der Waals surface area contributed by atoms with Crippen LogP contribution in [0.1, 0.15) is 49.8 Å². The van der Waals surface area contributed by atoms with Crippen molar-refractivity contribution in [3.8, 4) is 5.69 Å². The van der Waals surface area contributed by atoms with E-state index in [4.69, 9.17) is 0 Å². The molecule has 1 amide bonds. The molecule has 1 fully saturated rings. The molecule has 5 nitrogen and oxygen atoms in total. The molecule has 0 spiro atoms. The number of rotatable bonds is 5. The minimum Gasteiger partial charge on any atom is -0.310 e. The van der Waals surface area contributed by atoms with Crippen molar-refractivity contribution in [2.75, 3.05) is 5.32 Å². The van der Waals surface area contributed by atoms with Crippen LogP contribution in [0.5, 0.6) is 0 Å². The van der Waals surface area contributed by atoms with Gasteiger partial charge in [0.15, 0.2) is 0 Å². The second kappa shape index (κ2) is 7.31. The summed E-state index contributed by atoms with van der Waals surface area (Å²) in [5.41, 5.74) is 2.26. The summed E-state index contributed by atoms with van der Waals surface area (Å²) in [4.78, 5) is 12.5. The van der Waals surface area contributed by atoms with Crippen LogP contribution in [0.2, 0.25) is 0 Å². The van der Waals surface area contributed by atoms with Gasteiger partial charge in [-0.15, -0.1) is 0 Å². The van der Waals surface area contributed by atoms with Crippen molar-refractivity contribution in [2.45, 2.75) is 50.0 Å². The number of carbonyl (C=O) groups excluding carboxylic acids is 1. The van der Waals surface area contributed by atoms with E-state index in [9.17, 15) is 13.4 Å². The molecule has 0 bridgehead atoms. The molecule has 7 heteroatoms. The third-order valence-electron chi connectivity index (χ3n) is 5.25. The van der Waals surface area contributed by atoms with Gasteiger partial charge < -0.3 is 5.32 Å². The van der Waals surface area contributed by atoms with Gasteiger partial charge in [0.25, 0.3) is 0 Å². The molecule has 1 aromatic carbocycles. The van der Waals surface area contributed by atoms with Gasteiger partial charge in [0.2, 0.25) is 5.91 Å². The summed E-state index contributed by atoms with van der Waals surface area (Å²) in [5, 5.41) is 7.50. The lowest BCUT2D eigenvalue weighted by Gasteiger charge is -2.12. The highest BCUT2D eigenvalue weighted by molar-refractivity contribution is 7.83. The van der Waals surface area contributed by atoms with Gasteiger partial charge in [-0.1, -0.05) is 25.7 Å². The minimum absolute atomic E-state index is 0.0411. The molecule has 1 aromatic heterocycles. The Balaban J connectivity index is 1.56. The number of carbonyl (C=O) groups is 1. The molecule has 1 saturated carbocycles. The number of nitrogens with one attached hydrogen (secondary N) is 1. The molecule has 1 atom stereocenters. The molecule has 0 unspecified atom stereocenters. The van der Waals surface area contributed by atoms with Crippen LogP contribution in [0.25, 0.3) is 5.69 Å². The van der Waals surface area contributed by atoms with Crippen LogP contribution in [0.4, 0.5) is 10.2 Å². The molecule has 2 aliphatic rings. The van der Waals surface area contributed by atoms with Gasteiger partial charge in [0.1, 0.15) is 11.6 Å². The van der Waals surface area contributed by atoms with Gasteiger partial charge >= 0.3 is 0 Å². The van der Waals surface area contributed by atoms with Crippen LogP contribution < -0.4 is 5.32 Å². The van der Waals surface area contributed by atoms with Crippen LogP contribution in [-0.4, -0.2) is 19.9 Å². The Morgan fingerprint density at radius 2 is 1.96 bits per heavy atom. The van der Waals surface area contributed by atoms with E-state index in [1.807, 2.05) is 0 Å². The van der Waals surface area contributed by atoms with Crippen LogP contribution in [-0.2, 0) is 27.1 Å². The molecule has 1 aliphatic carbocycles. The SMILES string of the molecule is O=C(CCC1CCCC1)Nc1c2c(nn1-c1ccc(F)cc1)C[S@@](=O)C2. The fourth-order valence-electron chi connectivity index (χ4n) is 3.85. The lowest BCUT2D eigenvalue weighted by molar-refractivity contribution is -0.116. The molecular formula is C19H22FN3O2S. The number of fused-ring (bicyclic) bond motifs is 1. The second-order valence-corrected chi connectivity index (χ2v) is 8.58. The molecule has 1 aliphatic heterocycles. The predicted molar refractivity (Wildman–Crippen MR) is 98.9 cm³/mol. The van der Waals surface area contributed by atoms with Crippen molar-refractivity contribution in [3.05, 3.63) is 41.3 Å². The monoisotopic (exact) mass is 375 g/mol. The number of anilines is 1. The first kappa shape index (κ1) is 17.4. The normalized spacial score (nSPS) is 19.7. The molecule has 0 saturated heterocycles. The maximum absolute atomic E-state index is 13.2. The summed E-state index contributed by atoms with van der Waals surface area (Å²) >= 11 is 0. The van der Waals surface area contributed by atoms with Crippen LogP contribution in [0.15, 0.2) is 24.3 Å². The Hall–Kier alpha value is -2.02. The molecule has 4 rings (SSSR count). The Morgan fingerprint density at radius 1 is 1.23 bits per heavy atom. The Bertz CT molecular complexity index is 841. The molecule has 1 N–H and O–H groups in total. The summed E-state index contributed by atoms with van der Waals surface area (Å²) in [7, 11) is -0.974. The van der Waals surface area contributed by atoms with Gasteiger partial charge in [0, 0.05) is 22.8 Å². The highest BCUT2D eigenvalue weighted by atomic mass is 32.2. The van der Waals surface area contributed by atoms with Crippen molar-refractivity contribution in [3.63, 3.8) is 0 Å². The van der Waals surface area contributed by atoms with Gasteiger partial charge in [-0.25, -0.2) is 9.07 Å². The van der Waals surface area contributed by atoms with Gasteiger partial charge in [-0.3, -0.25) is 9.00 Å². The Labute approximate surface area is 154 Å². The third kappa shape index (κ3) is 3.58. The zero-order valence-corrected chi connectivity index (χ0v) is 15.4. The van der Waals surface area contributed by atoms with E-state index in [0.717, 1.165) is 17.7 Å². The summed E-state index contributed by atoms with van der Waals surface area (Å²) in [6.45, 7) is 0. The van der Waals surface area contributed by atoms with Crippen molar-refractivity contribution in [1.82, 2.24) is 9.78 Å². The zero-order valence-electron chi connectivity index (χ0n) is 14.5. The molecule has 0 radical (unpaired) electrons. The molecule has 2 heterocycles. The van der Waals surface area contributed by atoms with Crippen molar-refractivity contribution >= 4 is 22.5 Å². The van der Waals surface area contributed by atoms with Crippen LogP contribution in [0, 0.1) is 11.7 Å². The average molecular weight is 375 g/mol. The fraction of sp³-hybridized carbons (Fsp3) is 0.474. The van der Waals surface area contributed by atoms with Gasteiger partial charge in [-0.05, 0) is 36.6 Å². The quantitative estimate of drug-likeness (QED) is 0.867. The highest BCUT2D eigenvalue weighted by Gasteiger charge is 2.28. The standard InChI is InChI=1S/C19H22FN3O2S/c20-14-6-8-15(9-7-14)23-19(16-11-26(25)12-17(16)22-23)21-18(24)10-5-13-3-1-2-4-13/h6-9,13H,1-5,10-12H2,(H,21,24)/t26-/m0/s1. The van der Waals surface area contributed by atoms with E-state index in [2.05, 4.69) is 10.4 Å². The van der Waals surface area contributed by atoms with Gasteiger partial charge in [0.05, 0.1) is 22.9 Å². The Morgan fingerprint density at radius 3 is 2.69 bits per heavy atom. The largest absolute Gasteiger partial charge is 0.310 e. The lowest BCUT2D eigenvalue weighted by Crippen LogP contribution is -2.17. The van der Waals surface area contributed by atoms with Crippen molar-refractivity contribution in [1.29, 1.82) is 0 Å². The minimum atomic E-state index is -0.974. The summed E-state index contributed by atoms with van der Waals surface area (Å²) in [6.07, 6.45) is 6.36. The topological polar surface area (TPSA) is 64.0 Å². The zero-order chi connectivity index (χ0) is 18.1. The van der Waals surface area contributed by atoms with Crippen LogP contribution in [0.3, 0.4) is 0 Å². The van der Waals surface area contributed by atoms with Gasteiger partial charge in [-0.2, -0.15) is 5.10 Å². The maximum atomic E-state index is 13.2. The average Bonchev–Trinajstić information content (AvgIpc) is 3.32. The molecule has 138 valence electrons. The van der Waals surface area contributed by atoms with Crippen molar-refractivity contribution in [2.24, 2.45) is 5.92 Å². The molecule has 26 heavy (non-hydrogen) atoms. The third-order valence-corrected chi connectivity index (χ3v) is 6.46. The number of halogens is 1. The number of benzene rings is 1. The summed E-state index contributed by atoms with van der Waals surface area (Å²) < 4.78 is 26.8. The van der Waals surface area contributed by atoms with E-state index in [1.165, 1.54) is 37.8 Å². The predicted octanol–water partition coefficient (Wildman–Crippen LogP) is 3.68. The van der Waals surface area contributed by atoms with E-state index >= 15 is 0 Å². The first-order chi connectivity index (χ1) is 12.6. The van der Waals surface area contributed by atoms with Crippen LogP contribution >= 0.6 is 0 Å². The van der Waals surface area contributed by atoms with E-state index < -0.39 is 10.8 Å². The van der Waals surface area contributed by atoms with E-state index in [0.29, 0.717) is 35.3 Å². The maximum Gasteiger partial charge on any atom is 0.225 e. The second-order valence-electron chi connectivity index (χ2n) is 7.13. The molecular weight excluding hydrogens is 353 g/mol. The number of hydrogen-bond acceptors (Lipinski definition) is 3. The highest BCUT2D eigenvalue weighted by Crippen LogP contribution is 2.32. The smallest absolute Gasteiger partial charge is 0.225 e. The summed E-state index contributed by atoms with van der Waals surface area (Å²) in [5.74, 6) is 1.66. The first-order valence-electron chi connectivity index (χ1n) is 9.11. The first-order valence-corrected chi connectivity index (χ1v) is 10.6. The molecule has 2 aromatic rings. The number of aromatic nitrogens is 2. The Kier molecular flexibility index (Phi) is 4.89. The van der Waals surface area contributed by atoms with E-state index in [-0.39, 0.29) is 11.7 Å². The number of hydrogen-bond donors (Lipinski definition) is 1. The summed E-state index contributed by atoms with van der Waals surface area (Å²) in [6, 6.07) is 5.99. The van der Waals surface area contributed by atoms with Crippen molar-refractivity contribution < 1.29 is 13.4 Å².